The molecule has 0 aromatic carbocycles. The highest BCUT2D eigenvalue weighted by molar-refractivity contribution is 7.15. The van der Waals surface area contributed by atoms with Gasteiger partial charge < -0.3 is 14.7 Å². The summed E-state index contributed by atoms with van der Waals surface area (Å²) in [4.78, 5) is 7.57. The van der Waals surface area contributed by atoms with Crippen LogP contribution in [0.4, 0.5) is 5.13 Å². The Labute approximate surface area is 93.5 Å². The van der Waals surface area contributed by atoms with E-state index in [2.05, 4.69) is 9.88 Å². The maximum Gasteiger partial charge on any atom is 0.185 e. The van der Waals surface area contributed by atoms with Crippen molar-refractivity contribution in [2.75, 3.05) is 25.2 Å². The first-order valence-corrected chi connectivity index (χ1v) is 5.91. The van der Waals surface area contributed by atoms with Gasteiger partial charge in [-0.3, -0.25) is 0 Å². The third-order valence-electron chi connectivity index (χ3n) is 2.78. The normalized spacial score (nSPS) is 20.9. The summed E-state index contributed by atoms with van der Waals surface area (Å²) in [5.41, 5.74) is 0.934. The molecule has 2 rings (SSSR count). The topological polar surface area (TPSA) is 45.6 Å². The minimum atomic E-state index is 0.0819. The van der Waals surface area contributed by atoms with Gasteiger partial charge in [0.1, 0.15) is 0 Å². The maximum absolute atomic E-state index is 9.11. The molecule has 1 saturated heterocycles. The van der Waals surface area contributed by atoms with Crippen molar-refractivity contribution in [1.29, 1.82) is 0 Å². The number of aliphatic hydroxyl groups is 1. The van der Waals surface area contributed by atoms with E-state index < -0.39 is 0 Å². The van der Waals surface area contributed by atoms with E-state index in [0.29, 0.717) is 6.04 Å². The molecule has 1 unspecified atom stereocenters. The van der Waals surface area contributed by atoms with Gasteiger partial charge >= 0.3 is 0 Å². The number of anilines is 1. The second-order valence-corrected chi connectivity index (χ2v) is 4.85. The number of likely N-dealkylation sites (N-methyl/N-ethyl adjacent to an activating group) is 1. The van der Waals surface area contributed by atoms with Gasteiger partial charge in [0.15, 0.2) is 5.13 Å². The average molecular weight is 228 g/mol. The Morgan fingerprint density at radius 1 is 1.67 bits per heavy atom. The smallest absolute Gasteiger partial charge is 0.185 e. The van der Waals surface area contributed by atoms with Crippen LogP contribution in [0.15, 0.2) is 0 Å². The molecule has 0 radical (unpaired) electrons. The third kappa shape index (κ3) is 2.14. The molecule has 4 nitrogen and oxygen atoms in total. The van der Waals surface area contributed by atoms with Crippen LogP contribution in [0.1, 0.15) is 17.0 Å². The molecule has 1 aliphatic rings. The van der Waals surface area contributed by atoms with Crippen LogP contribution < -0.4 is 4.90 Å². The number of nitrogens with zero attached hydrogens (tertiary/aromatic N) is 2. The zero-order chi connectivity index (χ0) is 10.8. The van der Waals surface area contributed by atoms with Crippen LogP contribution in [0.2, 0.25) is 0 Å². The van der Waals surface area contributed by atoms with Crippen molar-refractivity contribution in [3.05, 3.63) is 10.6 Å². The van der Waals surface area contributed by atoms with Crippen molar-refractivity contribution in [2.45, 2.75) is 26.0 Å². The van der Waals surface area contributed by atoms with Crippen LogP contribution in [0, 0.1) is 6.92 Å². The van der Waals surface area contributed by atoms with Gasteiger partial charge in [-0.2, -0.15) is 0 Å². The monoisotopic (exact) mass is 228 g/mol. The quantitative estimate of drug-likeness (QED) is 0.843. The lowest BCUT2D eigenvalue weighted by atomic mass is 10.2. The Kier molecular flexibility index (Phi) is 3.23. The van der Waals surface area contributed by atoms with Crippen LogP contribution in [0.25, 0.3) is 0 Å². The fourth-order valence-electron chi connectivity index (χ4n) is 1.69. The summed E-state index contributed by atoms with van der Waals surface area (Å²) in [6, 6.07) is 0.432. The molecule has 1 fully saturated rings. The second-order valence-electron chi connectivity index (χ2n) is 3.79. The van der Waals surface area contributed by atoms with E-state index in [0.717, 1.165) is 35.3 Å². The minimum absolute atomic E-state index is 0.0819. The number of rotatable bonds is 3. The van der Waals surface area contributed by atoms with Gasteiger partial charge in [0, 0.05) is 13.7 Å². The first kappa shape index (κ1) is 10.9. The average Bonchev–Trinajstić information content (AvgIpc) is 2.85. The van der Waals surface area contributed by atoms with Crippen LogP contribution in [0.3, 0.4) is 0 Å². The lowest BCUT2D eigenvalue weighted by molar-refractivity contribution is 0.193. The minimum Gasteiger partial charge on any atom is -0.391 e. The molecule has 0 bridgehead atoms. The summed E-state index contributed by atoms with van der Waals surface area (Å²) in [6.07, 6.45) is 1.06. The third-order valence-corrected chi connectivity index (χ3v) is 4.01. The first-order chi connectivity index (χ1) is 7.22. The molecule has 1 atom stereocenters. The maximum atomic E-state index is 9.11. The van der Waals surface area contributed by atoms with E-state index in [4.69, 9.17) is 9.84 Å². The highest BCUT2D eigenvalue weighted by Gasteiger charge is 2.23. The van der Waals surface area contributed by atoms with Gasteiger partial charge in [0.2, 0.25) is 0 Å². The molecule has 2 heterocycles. The Balaban J connectivity index is 2.13. The highest BCUT2D eigenvalue weighted by Crippen LogP contribution is 2.28. The van der Waals surface area contributed by atoms with Crippen molar-refractivity contribution in [1.82, 2.24) is 4.98 Å². The van der Waals surface area contributed by atoms with Crippen LogP contribution >= 0.6 is 11.3 Å². The number of aryl methyl sites for hydroxylation is 1. The van der Waals surface area contributed by atoms with Crippen LogP contribution in [0.5, 0.6) is 0 Å². The summed E-state index contributed by atoms with van der Waals surface area (Å²) in [7, 11) is 2.04. The number of hydrogen-bond donors (Lipinski definition) is 1. The summed E-state index contributed by atoms with van der Waals surface area (Å²) in [6.45, 7) is 3.64. The molecule has 0 amide bonds. The van der Waals surface area contributed by atoms with Gasteiger partial charge in [-0.25, -0.2) is 4.98 Å². The number of aromatic nitrogens is 1. The molecule has 0 spiro atoms. The number of ether oxygens (including phenoxy) is 1. The Bertz CT molecular complexity index is 334. The van der Waals surface area contributed by atoms with Crippen molar-refractivity contribution < 1.29 is 9.84 Å². The molecule has 1 aliphatic heterocycles. The molecule has 0 saturated carbocycles. The largest absolute Gasteiger partial charge is 0.391 e. The van der Waals surface area contributed by atoms with Crippen molar-refractivity contribution in [2.24, 2.45) is 0 Å². The standard InChI is InChI=1S/C10H16N2O2S/c1-7-9(5-13)15-10(11-7)12(2)8-3-4-14-6-8/h8,13H,3-6H2,1-2H3. The van der Waals surface area contributed by atoms with Gasteiger partial charge in [0.05, 0.1) is 29.8 Å². The molecule has 5 heteroatoms. The van der Waals surface area contributed by atoms with E-state index in [1.807, 2.05) is 14.0 Å². The SMILES string of the molecule is Cc1nc(N(C)C2CCOC2)sc1CO. The van der Waals surface area contributed by atoms with E-state index in [1.165, 1.54) is 0 Å². The van der Waals surface area contributed by atoms with E-state index in [1.54, 1.807) is 11.3 Å². The summed E-state index contributed by atoms with van der Waals surface area (Å²) in [5.74, 6) is 0. The molecule has 1 aromatic rings. The Morgan fingerprint density at radius 2 is 2.47 bits per heavy atom. The van der Waals surface area contributed by atoms with Crippen molar-refractivity contribution in [3.63, 3.8) is 0 Å². The van der Waals surface area contributed by atoms with Gasteiger partial charge in [-0.05, 0) is 13.3 Å². The highest BCUT2D eigenvalue weighted by atomic mass is 32.1. The number of thiazole rings is 1. The van der Waals surface area contributed by atoms with E-state index in [-0.39, 0.29) is 6.61 Å². The number of aliphatic hydroxyl groups excluding tert-OH is 1. The van der Waals surface area contributed by atoms with Crippen LogP contribution in [-0.2, 0) is 11.3 Å². The van der Waals surface area contributed by atoms with E-state index in [9.17, 15) is 0 Å². The Morgan fingerprint density at radius 3 is 3.00 bits per heavy atom. The van der Waals surface area contributed by atoms with Crippen LogP contribution in [-0.4, -0.2) is 36.4 Å². The molecule has 84 valence electrons. The second kappa shape index (κ2) is 4.47. The predicted molar refractivity (Wildman–Crippen MR) is 60.4 cm³/mol. The summed E-state index contributed by atoms with van der Waals surface area (Å²) >= 11 is 1.56. The zero-order valence-electron chi connectivity index (χ0n) is 9.06. The Hall–Kier alpha value is -0.650. The molecule has 0 aliphatic carbocycles. The first-order valence-electron chi connectivity index (χ1n) is 5.10. The van der Waals surface area contributed by atoms with Crippen molar-refractivity contribution >= 4 is 16.5 Å². The molecular formula is C10H16N2O2S. The number of hydrogen-bond acceptors (Lipinski definition) is 5. The lowest BCUT2D eigenvalue weighted by Gasteiger charge is -2.21. The fraction of sp³-hybridized carbons (Fsp3) is 0.700. The van der Waals surface area contributed by atoms with Gasteiger partial charge in [-0.1, -0.05) is 11.3 Å². The molecule has 1 aromatic heterocycles. The molecule has 1 N–H and O–H groups in total. The zero-order valence-corrected chi connectivity index (χ0v) is 9.88. The molecule has 15 heavy (non-hydrogen) atoms. The summed E-state index contributed by atoms with van der Waals surface area (Å²) in [5, 5.41) is 10.1. The summed E-state index contributed by atoms with van der Waals surface area (Å²) < 4.78 is 5.35. The predicted octanol–water partition coefficient (Wildman–Crippen LogP) is 1.17. The van der Waals surface area contributed by atoms with E-state index >= 15 is 0 Å². The lowest BCUT2D eigenvalue weighted by Crippen LogP contribution is -2.31. The fourth-order valence-corrected chi connectivity index (χ4v) is 2.65. The van der Waals surface area contributed by atoms with Crippen molar-refractivity contribution in [3.8, 4) is 0 Å². The molecular weight excluding hydrogens is 212 g/mol. The van der Waals surface area contributed by atoms with Gasteiger partial charge in [0.25, 0.3) is 0 Å². The van der Waals surface area contributed by atoms with Gasteiger partial charge in [-0.15, -0.1) is 0 Å².